The maximum Gasteiger partial charge on any atom is 0.328 e. The SMILES string of the molecule is O=C(NNC(=O)c1ccc2ccccc2n1)C(=O)Nc1cccc2c1OCCCO2. The van der Waals surface area contributed by atoms with Crippen molar-refractivity contribution in [3.05, 3.63) is 60.3 Å². The molecule has 0 fully saturated rings. The lowest BCUT2D eigenvalue weighted by Gasteiger charge is -2.13. The number of carbonyl (C=O) groups excluding carboxylic acids is 3. The van der Waals surface area contributed by atoms with E-state index in [9.17, 15) is 14.4 Å². The van der Waals surface area contributed by atoms with Crippen LogP contribution >= 0.6 is 0 Å². The number of benzene rings is 2. The average molecular weight is 406 g/mol. The van der Waals surface area contributed by atoms with Crippen LogP contribution in [-0.4, -0.2) is 35.9 Å². The lowest BCUT2D eigenvalue weighted by atomic mass is 10.2. The number of fused-ring (bicyclic) bond motifs is 2. The Balaban J connectivity index is 1.38. The molecule has 1 aliphatic rings. The van der Waals surface area contributed by atoms with Crippen LogP contribution in [0, 0.1) is 0 Å². The molecule has 1 aliphatic heterocycles. The molecule has 0 saturated heterocycles. The summed E-state index contributed by atoms with van der Waals surface area (Å²) in [5.74, 6) is -1.81. The number of para-hydroxylation sites is 2. The van der Waals surface area contributed by atoms with Crippen LogP contribution in [0.15, 0.2) is 54.6 Å². The maximum atomic E-state index is 12.2. The van der Waals surface area contributed by atoms with Gasteiger partial charge in [0.05, 0.1) is 24.4 Å². The van der Waals surface area contributed by atoms with Gasteiger partial charge in [0.15, 0.2) is 11.5 Å². The molecule has 0 spiro atoms. The predicted molar refractivity (Wildman–Crippen MR) is 108 cm³/mol. The van der Waals surface area contributed by atoms with E-state index in [1.807, 2.05) is 18.2 Å². The van der Waals surface area contributed by atoms with Crippen LogP contribution in [0.5, 0.6) is 11.5 Å². The van der Waals surface area contributed by atoms with E-state index in [2.05, 4.69) is 21.2 Å². The first kappa shape index (κ1) is 19.2. The summed E-state index contributed by atoms with van der Waals surface area (Å²) in [4.78, 5) is 40.8. The van der Waals surface area contributed by atoms with E-state index in [4.69, 9.17) is 9.47 Å². The van der Waals surface area contributed by atoms with Crippen LogP contribution < -0.4 is 25.6 Å². The van der Waals surface area contributed by atoms with Gasteiger partial charge in [0.1, 0.15) is 5.69 Å². The van der Waals surface area contributed by atoms with Gasteiger partial charge in [0.2, 0.25) is 0 Å². The molecule has 3 amide bonds. The van der Waals surface area contributed by atoms with Gasteiger partial charge in [-0.3, -0.25) is 25.2 Å². The summed E-state index contributed by atoms with van der Waals surface area (Å²) in [6.07, 6.45) is 0.706. The third-order valence-electron chi connectivity index (χ3n) is 4.35. The summed E-state index contributed by atoms with van der Waals surface area (Å²) in [5.41, 5.74) is 5.31. The first-order chi connectivity index (χ1) is 14.6. The van der Waals surface area contributed by atoms with Gasteiger partial charge in [-0.2, -0.15) is 0 Å². The minimum Gasteiger partial charge on any atom is -0.489 e. The first-order valence-corrected chi connectivity index (χ1v) is 9.28. The summed E-state index contributed by atoms with van der Waals surface area (Å²) in [6.45, 7) is 0.931. The quantitative estimate of drug-likeness (QED) is 0.441. The van der Waals surface area contributed by atoms with E-state index in [0.717, 1.165) is 5.39 Å². The monoisotopic (exact) mass is 406 g/mol. The molecule has 9 nitrogen and oxygen atoms in total. The van der Waals surface area contributed by atoms with Gasteiger partial charge < -0.3 is 14.8 Å². The molecule has 30 heavy (non-hydrogen) atoms. The standard InChI is InChI=1S/C21H18N4O5/c26-19(16-10-9-13-5-1-2-6-14(13)22-16)24-25-21(28)20(27)23-15-7-3-8-17-18(15)30-12-4-11-29-17/h1-3,5-10H,4,11-12H2,(H,23,27)(H,24,26)(H,25,28). The van der Waals surface area contributed by atoms with Crippen molar-refractivity contribution < 1.29 is 23.9 Å². The second-order valence-electron chi connectivity index (χ2n) is 6.43. The van der Waals surface area contributed by atoms with E-state index >= 15 is 0 Å². The van der Waals surface area contributed by atoms with E-state index in [0.29, 0.717) is 42.3 Å². The molecule has 1 aromatic heterocycles. The summed E-state index contributed by atoms with van der Waals surface area (Å²) in [7, 11) is 0. The summed E-state index contributed by atoms with van der Waals surface area (Å²) < 4.78 is 11.2. The number of pyridine rings is 1. The van der Waals surface area contributed by atoms with Crippen LogP contribution in [-0.2, 0) is 9.59 Å². The highest BCUT2D eigenvalue weighted by Gasteiger charge is 2.20. The van der Waals surface area contributed by atoms with Gasteiger partial charge >= 0.3 is 11.8 Å². The van der Waals surface area contributed by atoms with Crippen molar-refractivity contribution in [2.24, 2.45) is 0 Å². The fourth-order valence-electron chi connectivity index (χ4n) is 2.90. The number of rotatable bonds is 2. The van der Waals surface area contributed by atoms with Crippen LogP contribution in [0.2, 0.25) is 0 Å². The third-order valence-corrected chi connectivity index (χ3v) is 4.35. The zero-order valence-corrected chi connectivity index (χ0v) is 15.8. The molecular formula is C21H18N4O5. The van der Waals surface area contributed by atoms with Gasteiger partial charge in [-0.15, -0.1) is 0 Å². The highest BCUT2D eigenvalue weighted by molar-refractivity contribution is 6.39. The van der Waals surface area contributed by atoms with Gasteiger partial charge in [0, 0.05) is 11.8 Å². The van der Waals surface area contributed by atoms with Crippen LogP contribution in [0.3, 0.4) is 0 Å². The summed E-state index contributed by atoms with van der Waals surface area (Å²) in [6, 6.07) is 15.6. The van der Waals surface area contributed by atoms with Crippen LogP contribution in [0.4, 0.5) is 5.69 Å². The maximum absolute atomic E-state index is 12.2. The number of anilines is 1. The molecule has 4 rings (SSSR count). The zero-order chi connectivity index (χ0) is 20.9. The van der Waals surface area contributed by atoms with Crippen molar-refractivity contribution in [2.75, 3.05) is 18.5 Å². The number of amides is 3. The minimum atomic E-state index is -1.05. The van der Waals surface area contributed by atoms with E-state index in [1.165, 1.54) is 6.07 Å². The lowest BCUT2D eigenvalue weighted by molar-refractivity contribution is -0.136. The second-order valence-corrected chi connectivity index (χ2v) is 6.43. The Labute approximate surface area is 171 Å². The number of nitrogens with zero attached hydrogens (tertiary/aromatic N) is 1. The van der Waals surface area contributed by atoms with Crippen molar-refractivity contribution in [2.45, 2.75) is 6.42 Å². The number of hydrazine groups is 1. The van der Waals surface area contributed by atoms with Gasteiger partial charge in [-0.1, -0.05) is 30.3 Å². The summed E-state index contributed by atoms with van der Waals surface area (Å²) >= 11 is 0. The Hall–Kier alpha value is -4.14. The smallest absolute Gasteiger partial charge is 0.328 e. The molecule has 3 aromatic rings. The topological polar surface area (TPSA) is 119 Å². The fraction of sp³-hybridized carbons (Fsp3) is 0.143. The molecule has 2 aromatic carbocycles. The number of hydrogen-bond donors (Lipinski definition) is 3. The molecule has 152 valence electrons. The molecule has 0 unspecified atom stereocenters. The number of nitrogens with one attached hydrogen (secondary N) is 3. The van der Waals surface area contributed by atoms with Gasteiger partial charge in [0.25, 0.3) is 5.91 Å². The number of hydrogen-bond acceptors (Lipinski definition) is 6. The van der Waals surface area contributed by atoms with E-state index < -0.39 is 17.7 Å². The molecule has 0 bridgehead atoms. The van der Waals surface area contributed by atoms with Crippen molar-refractivity contribution in [3.8, 4) is 11.5 Å². The fourth-order valence-corrected chi connectivity index (χ4v) is 2.90. The molecule has 0 aliphatic carbocycles. The Kier molecular flexibility index (Phi) is 5.42. The second kappa shape index (κ2) is 8.48. The Bertz CT molecular complexity index is 1130. The van der Waals surface area contributed by atoms with E-state index in [1.54, 1.807) is 30.3 Å². The molecule has 0 radical (unpaired) electrons. The number of aromatic nitrogens is 1. The molecule has 3 N–H and O–H groups in total. The molecule has 0 saturated carbocycles. The van der Waals surface area contributed by atoms with Crippen molar-refractivity contribution in [1.82, 2.24) is 15.8 Å². The highest BCUT2D eigenvalue weighted by atomic mass is 16.5. The number of ether oxygens (including phenoxy) is 2. The Morgan fingerprint density at radius 1 is 0.833 bits per heavy atom. The van der Waals surface area contributed by atoms with Gasteiger partial charge in [-0.05, 0) is 24.3 Å². The predicted octanol–water partition coefficient (Wildman–Crippen LogP) is 1.80. The van der Waals surface area contributed by atoms with Crippen LogP contribution in [0.25, 0.3) is 10.9 Å². The van der Waals surface area contributed by atoms with E-state index in [-0.39, 0.29) is 5.69 Å². The Morgan fingerprint density at radius 3 is 2.57 bits per heavy atom. The average Bonchev–Trinajstić information content (AvgIpc) is 3.03. The lowest BCUT2D eigenvalue weighted by Crippen LogP contribution is -2.46. The summed E-state index contributed by atoms with van der Waals surface area (Å²) in [5, 5.41) is 3.34. The molecule has 2 heterocycles. The minimum absolute atomic E-state index is 0.105. The van der Waals surface area contributed by atoms with Crippen LogP contribution in [0.1, 0.15) is 16.9 Å². The highest BCUT2D eigenvalue weighted by Crippen LogP contribution is 2.36. The number of carbonyl (C=O) groups is 3. The normalized spacial score (nSPS) is 12.5. The molecule has 0 atom stereocenters. The Morgan fingerprint density at radius 2 is 1.67 bits per heavy atom. The van der Waals surface area contributed by atoms with Crippen molar-refractivity contribution in [1.29, 1.82) is 0 Å². The molecule has 9 heteroatoms. The van der Waals surface area contributed by atoms with Crippen molar-refractivity contribution in [3.63, 3.8) is 0 Å². The van der Waals surface area contributed by atoms with Gasteiger partial charge in [-0.25, -0.2) is 4.98 Å². The first-order valence-electron chi connectivity index (χ1n) is 9.28. The van der Waals surface area contributed by atoms with Crippen molar-refractivity contribution >= 4 is 34.3 Å². The zero-order valence-electron chi connectivity index (χ0n) is 15.8. The molecular weight excluding hydrogens is 388 g/mol. The third kappa shape index (κ3) is 4.14. The largest absolute Gasteiger partial charge is 0.489 e.